The third-order valence-electron chi connectivity index (χ3n) is 2.33. The summed E-state index contributed by atoms with van der Waals surface area (Å²) < 4.78 is 10.4. The molecule has 0 aliphatic heterocycles. The van der Waals surface area contributed by atoms with Crippen LogP contribution < -0.4 is 0 Å². The molecule has 2 rings (SSSR count). The van der Waals surface area contributed by atoms with Gasteiger partial charge in [0.25, 0.3) is 0 Å². The lowest BCUT2D eigenvalue weighted by Crippen LogP contribution is -2.02. The minimum Gasteiger partial charge on any atom is -0.463 e. The minimum absolute atomic E-state index is 0.0404. The first kappa shape index (κ1) is 12.8. The van der Waals surface area contributed by atoms with Crippen molar-refractivity contribution in [2.75, 3.05) is 7.11 Å². The maximum Gasteiger partial charge on any atom is 0.373 e. The summed E-state index contributed by atoms with van der Waals surface area (Å²) in [7, 11) is 1.26. The van der Waals surface area contributed by atoms with E-state index in [4.69, 9.17) is 4.42 Å². The van der Waals surface area contributed by atoms with Gasteiger partial charge in [-0.1, -0.05) is 0 Å². The Morgan fingerprint density at radius 1 is 1.50 bits per heavy atom. The van der Waals surface area contributed by atoms with Crippen molar-refractivity contribution in [3.8, 4) is 0 Å². The Bertz CT molecular complexity index is 567. The van der Waals surface area contributed by atoms with Gasteiger partial charge in [-0.15, -0.1) is 0 Å². The number of aliphatic hydroxyl groups is 1. The Kier molecular flexibility index (Phi) is 3.78. The number of furan rings is 1. The maximum atomic E-state index is 11.2. The van der Waals surface area contributed by atoms with E-state index in [0.717, 1.165) is 0 Å². The lowest BCUT2D eigenvalue weighted by Gasteiger charge is -2.08. The van der Waals surface area contributed by atoms with Gasteiger partial charge < -0.3 is 14.3 Å². The highest BCUT2D eigenvalue weighted by molar-refractivity contribution is 9.10. The van der Waals surface area contributed by atoms with Gasteiger partial charge in [0.05, 0.1) is 12.8 Å². The molecule has 6 heteroatoms. The molecule has 0 amide bonds. The number of aromatic nitrogens is 1. The fourth-order valence-electron chi connectivity index (χ4n) is 1.44. The van der Waals surface area contributed by atoms with E-state index < -0.39 is 12.1 Å². The molecule has 0 bridgehead atoms. The summed E-state index contributed by atoms with van der Waals surface area (Å²) in [6.07, 6.45) is 0.520. The summed E-state index contributed by atoms with van der Waals surface area (Å²) in [4.78, 5) is 15.3. The largest absolute Gasteiger partial charge is 0.463 e. The van der Waals surface area contributed by atoms with Crippen LogP contribution in [-0.2, 0) is 4.74 Å². The molecular weight excluding hydrogens is 302 g/mol. The van der Waals surface area contributed by atoms with Crippen LogP contribution >= 0.6 is 15.9 Å². The van der Waals surface area contributed by atoms with E-state index in [-0.39, 0.29) is 11.5 Å². The van der Waals surface area contributed by atoms with Crippen LogP contribution in [0, 0.1) is 0 Å². The van der Waals surface area contributed by atoms with E-state index >= 15 is 0 Å². The van der Waals surface area contributed by atoms with Gasteiger partial charge in [-0.3, -0.25) is 4.98 Å². The zero-order valence-electron chi connectivity index (χ0n) is 9.46. The van der Waals surface area contributed by atoms with Crippen molar-refractivity contribution in [1.29, 1.82) is 0 Å². The van der Waals surface area contributed by atoms with Crippen LogP contribution in [0.1, 0.15) is 28.1 Å². The molecule has 2 heterocycles. The third-order valence-corrected chi connectivity index (χ3v) is 3.00. The van der Waals surface area contributed by atoms with E-state index in [0.29, 0.717) is 10.2 Å². The number of methoxy groups -OCH3 is 1. The van der Waals surface area contributed by atoms with Crippen LogP contribution in [0.25, 0.3) is 0 Å². The predicted octanol–water partition coefficient (Wildman–Crippen LogP) is 2.31. The van der Waals surface area contributed by atoms with Crippen LogP contribution in [0.4, 0.5) is 0 Å². The van der Waals surface area contributed by atoms with Crippen molar-refractivity contribution in [1.82, 2.24) is 4.98 Å². The molecule has 1 atom stereocenters. The molecule has 94 valence electrons. The second-order valence-corrected chi connectivity index (χ2v) is 4.32. The lowest BCUT2D eigenvalue weighted by atomic mass is 10.2. The highest BCUT2D eigenvalue weighted by atomic mass is 79.9. The monoisotopic (exact) mass is 311 g/mol. The van der Waals surface area contributed by atoms with Gasteiger partial charge in [0.15, 0.2) is 6.10 Å². The summed E-state index contributed by atoms with van der Waals surface area (Å²) in [5, 5.41) is 10.1. The highest BCUT2D eigenvalue weighted by Crippen LogP contribution is 2.27. The van der Waals surface area contributed by atoms with Gasteiger partial charge in [-0.2, -0.15) is 0 Å². The quantitative estimate of drug-likeness (QED) is 0.881. The molecule has 2 aromatic rings. The molecule has 18 heavy (non-hydrogen) atoms. The van der Waals surface area contributed by atoms with Crippen molar-refractivity contribution in [2.24, 2.45) is 0 Å². The Balaban J connectivity index is 2.29. The first-order chi connectivity index (χ1) is 8.63. The zero-order chi connectivity index (χ0) is 13.1. The first-order valence-corrected chi connectivity index (χ1v) is 5.89. The van der Waals surface area contributed by atoms with Crippen LogP contribution in [0.15, 0.2) is 39.4 Å². The molecule has 1 N–H and O–H groups in total. The van der Waals surface area contributed by atoms with Gasteiger partial charge in [0, 0.05) is 10.7 Å². The number of esters is 1. The van der Waals surface area contributed by atoms with Gasteiger partial charge in [0.1, 0.15) is 5.76 Å². The topological polar surface area (TPSA) is 72.6 Å². The van der Waals surface area contributed by atoms with Gasteiger partial charge in [-0.25, -0.2) is 4.79 Å². The van der Waals surface area contributed by atoms with E-state index in [9.17, 15) is 9.90 Å². The molecule has 0 saturated heterocycles. The lowest BCUT2D eigenvalue weighted by molar-refractivity contribution is 0.0557. The number of ether oxygens (including phenoxy) is 1. The molecule has 0 aliphatic rings. The molecule has 0 radical (unpaired) electrons. The number of nitrogens with zero attached hydrogens (tertiary/aromatic N) is 1. The van der Waals surface area contributed by atoms with Crippen LogP contribution in [0.2, 0.25) is 0 Å². The average Bonchev–Trinajstić information content (AvgIpc) is 2.87. The van der Waals surface area contributed by atoms with Crippen LogP contribution in [0.3, 0.4) is 0 Å². The molecule has 0 saturated carbocycles. The van der Waals surface area contributed by atoms with E-state index in [2.05, 4.69) is 25.7 Å². The van der Waals surface area contributed by atoms with Crippen molar-refractivity contribution in [3.05, 3.63) is 52.1 Å². The van der Waals surface area contributed by atoms with Crippen molar-refractivity contribution in [2.45, 2.75) is 6.10 Å². The SMILES string of the molecule is COC(=O)c1ccc(C(O)c2ncccc2Br)o1. The molecule has 5 nitrogen and oxygen atoms in total. The number of halogens is 1. The zero-order valence-corrected chi connectivity index (χ0v) is 11.0. The summed E-state index contributed by atoms with van der Waals surface area (Å²) in [6, 6.07) is 6.46. The third kappa shape index (κ3) is 2.44. The number of rotatable bonds is 3. The molecule has 0 fully saturated rings. The fraction of sp³-hybridized carbons (Fsp3) is 0.167. The second kappa shape index (κ2) is 5.32. The molecule has 1 unspecified atom stereocenters. The Hall–Kier alpha value is -1.66. The summed E-state index contributed by atoms with van der Waals surface area (Å²) in [6.45, 7) is 0. The summed E-state index contributed by atoms with van der Waals surface area (Å²) >= 11 is 3.29. The van der Waals surface area contributed by atoms with E-state index in [1.807, 2.05) is 0 Å². The number of aliphatic hydroxyl groups excluding tert-OH is 1. The smallest absolute Gasteiger partial charge is 0.373 e. The van der Waals surface area contributed by atoms with Crippen molar-refractivity contribution in [3.63, 3.8) is 0 Å². The molecule has 0 aromatic carbocycles. The molecule has 0 aliphatic carbocycles. The normalized spacial score (nSPS) is 12.2. The predicted molar refractivity (Wildman–Crippen MR) is 66.0 cm³/mol. The fourth-order valence-corrected chi connectivity index (χ4v) is 1.92. The van der Waals surface area contributed by atoms with Gasteiger partial charge in [0.2, 0.25) is 5.76 Å². The summed E-state index contributed by atoms with van der Waals surface area (Å²) in [5.41, 5.74) is 0.420. The van der Waals surface area contributed by atoms with Crippen LogP contribution in [0.5, 0.6) is 0 Å². The van der Waals surface area contributed by atoms with Crippen LogP contribution in [-0.4, -0.2) is 23.2 Å². The minimum atomic E-state index is -1.04. The number of carbonyl (C=O) groups is 1. The second-order valence-electron chi connectivity index (χ2n) is 3.47. The van der Waals surface area contributed by atoms with Crippen molar-refractivity contribution >= 4 is 21.9 Å². The van der Waals surface area contributed by atoms with Crippen molar-refractivity contribution < 1.29 is 19.1 Å². The maximum absolute atomic E-state index is 11.2. The van der Waals surface area contributed by atoms with E-state index in [1.54, 1.807) is 18.3 Å². The van der Waals surface area contributed by atoms with Gasteiger partial charge in [-0.05, 0) is 40.2 Å². The Labute approximate surface area is 112 Å². The Morgan fingerprint density at radius 3 is 2.94 bits per heavy atom. The standard InChI is InChI=1S/C12H10BrNO4/c1-17-12(16)9-5-4-8(18-9)11(15)10-7(13)3-2-6-14-10/h2-6,11,15H,1H3. The van der Waals surface area contributed by atoms with E-state index in [1.165, 1.54) is 19.2 Å². The number of pyridine rings is 1. The van der Waals surface area contributed by atoms with Gasteiger partial charge >= 0.3 is 5.97 Å². The molecule has 2 aromatic heterocycles. The molecular formula is C12H10BrNO4. The average molecular weight is 312 g/mol. The molecule has 0 spiro atoms. The Morgan fingerprint density at radius 2 is 2.28 bits per heavy atom. The summed E-state index contributed by atoms with van der Waals surface area (Å²) in [5.74, 6) is -0.318. The number of hydrogen-bond donors (Lipinski definition) is 1. The number of hydrogen-bond acceptors (Lipinski definition) is 5. The highest BCUT2D eigenvalue weighted by Gasteiger charge is 2.20. The first-order valence-electron chi connectivity index (χ1n) is 5.10. The number of carbonyl (C=O) groups excluding carboxylic acids is 1.